The van der Waals surface area contributed by atoms with Crippen LogP contribution in [0.2, 0.25) is 0 Å². The average molecular weight is 360 g/mol. The Morgan fingerprint density at radius 1 is 1.23 bits per heavy atom. The largest absolute Gasteiger partial charge is 0.462 e. The number of aliphatic hydroxyl groups is 1. The van der Waals surface area contributed by atoms with Crippen molar-refractivity contribution in [3.05, 3.63) is 11.6 Å². The summed E-state index contributed by atoms with van der Waals surface area (Å²) in [6, 6.07) is 0. The first-order valence-electron chi connectivity index (χ1n) is 10.4. The molecule has 0 amide bonds. The molecule has 0 aliphatic heterocycles. The van der Waals surface area contributed by atoms with Crippen molar-refractivity contribution in [2.45, 2.75) is 84.3 Å². The van der Waals surface area contributed by atoms with E-state index in [0.29, 0.717) is 24.2 Å². The van der Waals surface area contributed by atoms with E-state index in [0.717, 1.165) is 38.5 Å². The Bertz CT molecular complexity index is 653. The van der Waals surface area contributed by atoms with Crippen LogP contribution in [0.15, 0.2) is 11.6 Å². The van der Waals surface area contributed by atoms with Gasteiger partial charge in [-0.3, -0.25) is 9.59 Å². The zero-order chi connectivity index (χ0) is 18.7. The van der Waals surface area contributed by atoms with E-state index in [1.54, 1.807) is 0 Å². The normalized spacial score (nSPS) is 47.5. The predicted molar refractivity (Wildman–Crippen MR) is 98.3 cm³/mol. The highest BCUT2D eigenvalue weighted by atomic mass is 16.5. The number of ketones is 1. The lowest BCUT2D eigenvalue weighted by molar-refractivity contribution is -0.161. The Labute approximate surface area is 156 Å². The Morgan fingerprint density at radius 2 is 2.00 bits per heavy atom. The molecular weight excluding hydrogens is 328 g/mol. The molecule has 4 nitrogen and oxygen atoms in total. The SMILES string of the molecule is CCC(=O)O[C@H]1CC[C@H]2[C@@H]3CCC4=CC(=O)CC(O)[C@]4(C)[C@H]3CC[C@]12C. The van der Waals surface area contributed by atoms with E-state index in [9.17, 15) is 14.7 Å². The van der Waals surface area contributed by atoms with E-state index < -0.39 is 6.10 Å². The quantitative estimate of drug-likeness (QED) is 0.761. The molecule has 0 spiro atoms. The molecule has 0 aromatic carbocycles. The Hall–Kier alpha value is -1.16. The molecule has 1 unspecified atom stereocenters. The first kappa shape index (κ1) is 18.2. The van der Waals surface area contributed by atoms with Crippen LogP contribution in [0.5, 0.6) is 0 Å². The lowest BCUT2D eigenvalue weighted by atomic mass is 9.46. The van der Waals surface area contributed by atoms with E-state index >= 15 is 0 Å². The zero-order valence-corrected chi connectivity index (χ0v) is 16.3. The van der Waals surface area contributed by atoms with Crippen LogP contribution in [0, 0.1) is 28.6 Å². The third-order valence-electron chi connectivity index (χ3n) is 8.54. The molecular formula is C22H32O4. The molecule has 0 saturated heterocycles. The van der Waals surface area contributed by atoms with E-state index in [4.69, 9.17) is 4.74 Å². The fraction of sp³-hybridized carbons (Fsp3) is 0.818. The monoisotopic (exact) mass is 360 g/mol. The number of ether oxygens (including phenoxy) is 1. The van der Waals surface area contributed by atoms with Gasteiger partial charge in [-0.1, -0.05) is 26.3 Å². The van der Waals surface area contributed by atoms with E-state index in [2.05, 4.69) is 13.8 Å². The molecule has 0 bridgehead atoms. The molecule has 0 aromatic heterocycles. The molecule has 144 valence electrons. The van der Waals surface area contributed by atoms with Gasteiger partial charge in [-0.2, -0.15) is 0 Å². The van der Waals surface area contributed by atoms with Gasteiger partial charge in [-0.25, -0.2) is 0 Å². The van der Waals surface area contributed by atoms with Crippen molar-refractivity contribution in [1.82, 2.24) is 0 Å². The summed E-state index contributed by atoms with van der Waals surface area (Å²) in [5.41, 5.74) is 0.994. The first-order chi connectivity index (χ1) is 12.3. The van der Waals surface area contributed by atoms with Gasteiger partial charge in [-0.15, -0.1) is 0 Å². The summed E-state index contributed by atoms with van der Waals surface area (Å²) >= 11 is 0. The van der Waals surface area contributed by atoms with Crippen molar-refractivity contribution in [1.29, 1.82) is 0 Å². The van der Waals surface area contributed by atoms with E-state index in [-0.39, 0.29) is 35.1 Å². The van der Waals surface area contributed by atoms with Crippen molar-refractivity contribution in [3.63, 3.8) is 0 Å². The second-order valence-corrected chi connectivity index (χ2v) is 9.51. The van der Waals surface area contributed by atoms with Crippen LogP contribution in [-0.4, -0.2) is 29.1 Å². The molecule has 4 heteroatoms. The van der Waals surface area contributed by atoms with Gasteiger partial charge in [0.1, 0.15) is 6.10 Å². The minimum atomic E-state index is -0.553. The number of hydrogen-bond acceptors (Lipinski definition) is 4. The van der Waals surface area contributed by atoms with Crippen molar-refractivity contribution in [3.8, 4) is 0 Å². The van der Waals surface area contributed by atoms with E-state index in [1.807, 2.05) is 13.0 Å². The fourth-order valence-corrected chi connectivity index (χ4v) is 7.00. The molecule has 4 rings (SSSR count). The number of hydrogen-bond donors (Lipinski definition) is 1. The number of fused-ring (bicyclic) bond motifs is 5. The van der Waals surface area contributed by atoms with Crippen LogP contribution in [0.1, 0.15) is 72.1 Å². The summed E-state index contributed by atoms with van der Waals surface area (Å²) in [6.07, 6.45) is 8.23. The summed E-state index contributed by atoms with van der Waals surface area (Å²) in [7, 11) is 0. The van der Waals surface area contributed by atoms with Crippen LogP contribution in [-0.2, 0) is 14.3 Å². The minimum Gasteiger partial charge on any atom is -0.462 e. The van der Waals surface area contributed by atoms with Gasteiger partial charge in [0, 0.05) is 23.7 Å². The summed E-state index contributed by atoms with van der Waals surface area (Å²) < 4.78 is 5.84. The molecule has 7 atom stereocenters. The maximum absolute atomic E-state index is 12.0. The highest BCUT2D eigenvalue weighted by Crippen LogP contribution is 2.65. The first-order valence-corrected chi connectivity index (χ1v) is 10.4. The Morgan fingerprint density at radius 3 is 2.73 bits per heavy atom. The fourth-order valence-electron chi connectivity index (χ4n) is 7.00. The van der Waals surface area contributed by atoms with Gasteiger partial charge in [0.2, 0.25) is 0 Å². The lowest BCUT2D eigenvalue weighted by Gasteiger charge is -2.58. The molecule has 0 radical (unpaired) electrons. The summed E-state index contributed by atoms with van der Waals surface area (Å²) in [5.74, 6) is 1.55. The van der Waals surface area contributed by atoms with Crippen molar-refractivity contribution in [2.75, 3.05) is 0 Å². The molecule has 3 saturated carbocycles. The highest BCUT2D eigenvalue weighted by molar-refractivity contribution is 5.92. The van der Waals surface area contributed by atoms with Crippen LogP contribution in [0.25, 0.3) is 0 Å². The highest BCUT2D eigenvalue weighted by Gasteiger charge is 2.61. The topological polar surface area (TPSA) is 63.6 Å². The second kappa shape index (κ2) is 6.19. The second-order valence-electron chi connectivity index (χ2n) is 9.51. The number of carbonyl (C=O) groups excluding carboxylic acids is 2. The van der Waals surface area contributed by atoms with Gasteiger partial charge in [-0.05, 0) is 62.4 Å². The summed E-state index contributed by atoms with van der Waals surface area (Å²) in [4.78, 5) is 23.8. The van der Waals surface area contributed by atoms with Crippen molar-refractivity contribution < 1.29 is 19.4 Å². The maximum Gasteiger partial charge on any atom is 0.305 e. The van der Waals surface area contributed by atoms with E-state index in [1.165, 1.54) is 5.57 Å². The Balaban J connectivity index is 1.62. The standard InChI is InChI=1S/C22H32O4/c1-4-20(25)26-19-8-7-16-15-6-5-13-11-14(23)12-18(24)22(13,3)17(15)9-10-21(16,19)2/h11,15-19,24H,4-10,12H2,1-3H3/t15-,16-,17-,18?,19-,21-,22-/m0/s1. The molecule has 3 fully saturated rings. The maximum atomic E-state index is 12.0. The number of rotatable bonds is 2. The zero-order valence-electron chi connectivity index (χ0n) is 16.3. The molecule has 26 heavy (non-hydrogen) atoms. The number of carbonyl (C=O) groups is 2. The molecule has 4 aliphatic carbocycles. The minimum absolute atomic E-state index is 0.0449. The van der Waals surface area contributed by atoms with Crippen LogP contribution in [0.3, 0.4) is 0 Å². The molecule has 0 heterocycles. The molecule has 0 aromatic rings. The predicted octanol–water partition coefficient (Wildman–Crippen LogP) is 3.81. The van der Waals surface area contributed by atoms with Gasteiger partial charge in [0.15, 0.2) is 5.78 Å². The smallest absolute Gasteiger partial charge is 0.305 e. The Kier molecular flexibility index (Phi) is 4.33. The molecule has 4 aliphatic rings. The van der Waals surface area contributed by atoms with Gasteiger partial charge < -0.3 is 9.84 Å². The third kappa shape index (κ3) is 2.44. The third-order valence-corrected chi connectivity index (χ3v) is 8.54. The van der Waals surface area contributed by atoms with Gasteiger partial charge in [0.05, 0.1) is 6.10 Å². The van der Waals surface area contributed by atoms with Gasteiger partial charge in [0.25, 0.3) is 0 Å². The summed E-state index contributed by atoms with van der Waals surface area (Å²) in [6.45, 7) is 6.37. The van der Waals surface area contributed by atoms with Crippen LogP contribution in [0.4, 0.5) is 0 Å². The van der Waals surface area contributed by atoms with Crippen molar-refractivity contribution in [2.24, 2.45) is 28.6 Å². The van der Waals surface area contributed by atoms with Crippen molar-refractivity contribution >= 4 is 11.8 Å². The number of esters is 1. The number of aliphatic hydroxyl groups excluding tert-OH is 1. The van der Waals surface area contributed by atoms with Crippen LogP contribution < -0.4 is 0 Å². The summed E-state index contributed by atoms with van der Waals surface area (Å²) in [5, 5.41) is 10.8. The average Bonchev–Trinajstić information content (AvgIpc) is 2.93. The van der Waals surface area contributed by atoms with Gasteiger partial charge >= 0.3 is 5.97 Å². The van der Waals surface area contributed by atoms with Crippen LogP contribution >= 0.6 is 0 Å². The lowest BCUT2D eigenvalue weighted by Crippen LogP contribution is -2.55. The molecule has 1 N–H and O–H groups in total.